The minimum atomic E-state index is -0.757. The molecule has 1 atom stereocenters. The number of hydrogen-bond acceptors (Lipinski definition) is 7. The molecule has 3 rings (SSSR count). The van der Waals surface area contributed by atoms with Gasteiger partial charge >= 0.3 is 12.1 Å². The topological polar surface area (TPSA) is 103 Å². The quantitative estimate of drug-likeness (QED) is 0.673. The average Bonchev–Trinajstić information content (AvgIpc) is 3.13. The van der Waals surface area contributed by atoms with Gasteiger partial charge in [0.15, 0.2) is 11.6 Å². The van der Waals surface area contributed by atoms with Crippen LogP contribution in [-0.4, -0.2) is 53.0 Å². The third-order valence-corrected chi connectivity index (χ3v) is 5.34. The van der Waals surface area contributed by atoms with E-state index in [0.29, 0.717) is 19.5 Å². The lowest BCUT2D eigenvalue weighted by Gasteiger charge is -2.27. The van der Waals surface area contributed by atoms with E-state index >= 15 is 4.39 Å². The maximum atomic E-state index is 15.2. The van der Waals surface area contributed by atoms with Crippen molar-refractivity contribution in [2.75, 3.05) is 24.6 Å². The number of nitrogens with one attached hydrogen (secondary N) is 1. The van der Waals surface area contributed by atoms with Crippen LogP contribution in [0.25, 0.3) is 11.0 Å². The van der Waals surface area contributed by atoms with Gasteiger partial charge in [0.1, 0.15) is 16.8 Å². The molecule has 1 amide bonds. The number of carbonyl (C=O) groups excluding carboxylic acids is 2. The number of fused-ring (bicyclic) bond motifs is 1. The third kappa shape index (κ3) is 5.48. The molecule has 1 unspecified atom stereocenters. The minimum absolute atomic E-state index is 0.00403. The van der Waals surface area contributed by atoms with Crippen molar-refractivity contribution in [2.45, 2.75) is 72.1 Å². The van der Waals surface area contributed by atoms with Crippen LogP contribution < -0.4 is 15.6 Å². The molecule has 9 nitrogen and oxygen atoms in total. The number of hydrogen-bond donors (Lipinski definition) is 1. The number of halogens is 1. The van der Waals surface area contributed by atoms with Crippen LogP contribution >= 0.6 is 0 Å². The molecule has 0 aliphatic carbocycles. The van der Waals surface area contributed by atoms with Crippen molar-refractivity contribution < 1.29 is 23.5 Å². The Kier molecular flexibility index (Phi) is 6.91. The lowest BCUT2D eigenvalue weighted by Crippen LogP contribution is -2.40. The van der Waals surface area contributed by atoms with Gasteiger partial charge < -0.3 is 24.3 Å². The van der Waals surface area contributed by atoms with Crippen molar-refractivity contribution >= 4 is 28.9 Å². The number of amides is 1. The number of rotatable bonds is 4. The predicted octanol–water partition coefficient (Wildman–Crippen LogP) is 3.57. The van der Waals surface area contributed by atoms with Gasteiger partial charge in [-0.25, -0.2) is 19.0 Å². The number of carbonyl (C=O) groups is 2. The molecular weight excluding hydrogens is 443 g/mol. The summed E-state index contributed by atoms with van der Waals surface area (Å²) in [7, 11) is 0. The molecule has 2 aromatic rings. The Morgan fingerprint density at radius 3 is 2.50 bits per heavy atom. The molecule has 1 fully saturated rings. The normalized spacial score (nSPS) is 16.6. The second-order valence-electron chi connectivity index (χ2n) is 10.4. The summed E-state index contributed by atoms with van der Waals surface area (Å²) in [4.78, 5) is 43.7. The van der Waals surface area contributed by atoms with Crippen LogP contribution in [0.2, 0.25) is 0 Å². The highest BCUT2D eigenvalue weighted by atomic mass is 19.1. The van der Waals surface area contributed by atoms with E-state index in [4.69, 9.17) is 9.47 Å². The Morgan fingerprint density at radius 2 is 1.91 bits per heavy atom. The zero-order valence-corrected chi connectivity index (χ0v) is 20.8. The molecule has 0 aromatic carbocycles. The van der Waals surface area contributed by atoms with Gasteiger partial charge in [-0.15, -0.1) is 0 Å². The largest absolute Gasteiger partial charge is 0.462 e. The molecule has 0 bridgehead atoms. The number of nitrogens with zero attached hydrogens (tertiary/aromatic N) is 3. The van der Waals surface area contributed by atoms with Crippen molar-refractivity contribution in [1.29, 1.82) is 0 Å². The van der Waals surface area contributed by atoms with Gasteiger partial charge in [-0.1, -0.05) is 0 Å². The first-order chi connectivity index (χ1) is 15.7. The highest BCUT2D eigenvalue weighted by molar-refractivity contribution is 5.93. The zero-order chi connectivity index (χ0) is 25.4. The van der Waals surface area contributed by atoms with Gasteiger partial charge in [-0.05, 0) is 61.0 Å². The SMILES string of the molecule is CCOC(=O)c1cn(C(C)(C)C)c2nc(N3CCC(NC(=O)OC(C)(C)C)C3)c(F)cc2c1=O. The van der Waals surface area contributed by atoms with Crippen LogP contribution in [0.1, 0.15) is 65.2 Å². The number of alkyl carbamates (subject to hydrolysis) is 1. The second kappa shape index (κ2) is 9.23. The van der Waals surface area contributed by atoms with Crippen LogP contribution in [0, 0.1) is 5.82 Å². The highest BCUT2D eigenvalue weighted by Gasteiger charge is 2.30. The Morgan fingerprint density at radius 1 is 1.24 bits per heavy atom. The van der Waals surface area contributed by atoms with E-state index in [-0.39, 0.29) is 35.1 Å². The summed E-state index contributed by atoms with van der Waals surface area (Å²) in [6, 6.07) is 0.891. The number of ether oxygens (including phenoxy) is 2. The molecule has 1 aliphatic heterocycles. The minimum Gasteiger partial charge on any atom is -0.462 e. The number of aromatic nitrogens is 2. The fourth-order valence-corrected chi connectivity index (χ4v) is 3.85. The van der Waals surface area contributed by atoms with Gasteiger partial charge in [-0.3, -0.25) is 4.79 Å². The van der Waals surface area contributed by atoms with Crippen LogP contribution in [-0.2, 0) is 15.0 Å². The van der Waals surface area contributed by atoms with Gasteiger partial charge in [-0.2, -0.15) is 0 Å². The predicted molar refractivity (Wildman–Crippen MR) is 127 cm³/mol. The number of esters is 1. The van der Waals surface area contributed by atoms with Crippen molar-refractivity contribution in [3.63, 3.8) is 0 Å². The van der Waals surface area contributed by atoms with Gasteiger partial charge in [0.25, 0.3) is 0 Å². The van der Waals surface area contributed by atoms with Crippen LogP contribution in [0.15, 0.2) is 17.1 Å². The standard InChI is InChI=1S/C24H33FN4O5/c1-8-33-21(31)16-13-29(23(2,3)4)19-15(18(16)30)11-17(25)20(27-19)28-10-9-14(12-28)26-22(32)34-24(5,6)7/h11,13-14H,8-10,12H2,1-7H3,(H,26,32). The second-order valence-corrected chi connectivity index (χ2v) is 10.4. The van der Waals surface area contributed by atoms with E-state index in [2.05, 4.69) is 10.3 Å². The zero-order valence-electron chi connectivity index (χ0n) is 20.8. The molecule has 0 spiro atoms. The van der Waals surface area contributed by atoms with E-state index in [1.54, 1.807) is 37.2 Å². The van der Waals surface area contributed by atoms with E-state index < -0.39 is 34.4 Å². The van der Waals surface area contributed by atoms with Gasteiger partial charge in [0.2, 0.25) is 5.43 Å². The van der Waals surface area contributed by atoms with Crippen molar-refractivity contribution in [1.82, 2.24) is 14.9 Å². The van der Waals surface area contributed by atoms with Crippen LogP contribution in [0.4, 0.5) is 15.0 Å². The van der Waals surface area contributed by atoms with E-state index in [0.717, 1.165) is 6.07 Å². The average molecular weight is 477 g/mol. The van der Waals surface area contributed by atoms with Crippen molar-refractivity contribution in [2.24, 2.45) is 0 Å². The van der Waals surface area contributed by atoms with Gasteiger partial charge in [0, 0.05) is 24.8 Å². The maximum Gasteiger partial charge on any atom is 0.407 e. The highest BCUT2D eigenvalue weighted by Crippen LogP contribution is 2.27. The molecular formula is C24H33FN4O5. The Labute approximate surface area is 198 Å². The number of anilines is 1. The van der Waals surface area contributed by atoms with E-state index in [9.17, 15) is 14.4 Å². The molecule has 1 aliphatic rings. The molecule has 186 valence electrons. The fraction of sp³-hybridized carbons (Fsp3) is 0.583. The van der Waals surface area contributed by atoms with Crippen molar-refractivity contribution in [3.05, 3.63) is 33.9 Å². The molecule has 0 saturated carbocycles. The number of pyridine rings is 2. The lowest BCUT2D eigenvalue weighted by atomic mass is 10.1. The van der Waals surface area contributed by atoms with Gasteiger partial charge in [0.05, 0.1) is 18.0 Å². The molecule has 0 radical (unpaired) electrons. The van der Waals surface area contributed by atoms with E-state index in [1.807, 2.05) is 20.8 Å². The summed E-state index contributed by atoms with van der Waals surface area (Å²) in [6.45, 7) is 13.6. The first-order valence-corrected chi connectivity index (χ1v) is 11.4. The summed E-state index contributed by atoms with van der Waals surface area (Å²) < 4.78 is 27.2. The molecule has 10 heteroatoms. The molecule has 1 N–H and O–H groups in total. The lowest BCUT2D eigenvalue weighted by molar-refractivity contribution is 0.0503. The Balaban J connectivity index is 1.99. The summed E-state index contributed by atoms with van der Waals surface area (Å²) in [5.74, 6) is -1.35. The first kappa shape index (κ1) is 25.5. The molecule has 3 heterocycles. The fourth-order valence-electron chi connectivity index (χ4n) is 3.85. The molecule has 1 saturated heterocycles. The van der Waals surface area contributed by atoms with Crippen LogP contribution in [0.5, 0.6) is 0 Å². The molecule has 2 aromatic heterocycles. The smallest absolute Gasteiger partial charge is 0.407 e. The first-order valence-electron chi connectivity index (χ1n) is 11.4. The Hall–Kier alpha value is -3.17. The summed E-state index contributed by atoms with van der Waals surface area (Å²) in [6.07, 6.45) is 1.49. The molecule has 34 heavy (non-hydrogen) atoms. The summed E-state index contributed by atoms with van der Waals surface area (Å²) >= 11 is 0. The summed E-state index contributed by atoms with van der Waals surface area (Å²) in [5.41, 5.74) is -1.70. The van der Waals surface area contributed by atoms with Crippen LogP contribution in [0.3, 0.4) is 0 Å². The van der Waals surface area contributed by atoms with Crippen molar-refractivity contribution in [3.8, 4) is 0 Å². The summed E-state index contributed by atoms with van der Waals surface area (Å²) in [5, 5.41) is 2.81. The maximum absolute atomic E-state index is 15.2. The third-order valence-electron chi connectivity index (χ3n) is 5.34. The monoisotopic (exact) mass is 476 g/mol. The van der Waals surface area contributed by atoms with E-state index in [1.165, 1.54) is 6.20 Å². The Bertz CT molecular complexity index is 1160.